The molecule has 10 heteroatoms. The third kappa shape index (κ3) is 5.70. The predicted molar refractivity (Wildman–Crippen MR) is 124 cm³/mol. The van der Waals surface area contributed by atoms with Crippen LogP contribution in [0.5, 0.6) is 0 Å². The van der Waals surface area contributed by atoms with Crippen LogP contribution in [0.4, 0.5) is 19.4 Å². The Hall–Kier alpha value is -3.40. The first-order chi connectivity index (χ1) is 15.4. The molecule has 0 unspecified atom stereocenters. The van der Waals surface area contributed by atoms with Crippen molar-refractivity contribution in [3.63, 3.8) is 0 Å². The summed E-state index contributed by atoms with van der Waals surface area (Å²) in [5.74, 6) is -1.15. The van der Waals surface area contributed by atoms with E-state index in [2.05, 4.69) is 15.3 Å². The summed E-state index contributed by atoms with van der Waals surface area (Å²) in [5.41, 5.74) is 0.548. The van der Waals surface area contributed by atoms with E-state index in [0.717, 1.165) is 23.1 Å². The van der Waals surface area contributed by atoms with Gasteiger partial charge < -0.3 is 9.80 Å². The number of hydrogen-bond donors (Lipinski definition) is 1. The molecule has 1 saturated heterocycles. The van der Waals surface area contributed by atoms with Gasteiger partial charge in [0.25, 0.3) is 5.91 Å². The molecule has 3 amide bonds. The molecule has 174 valence electrons. The number of nitrogens with one attached hydrogen (secondary N) is 1. The zero-order valence-electron chi connectivity index (χ0n) is 17.3. The minimum absolute atomic E-state index is 0. The second kappa shape index (κ2) is 10.5. The van der Waals surface area contributed by atoms with Crippen molar-refractivity contribution < 1.29 is 18.4 Å². The number of anilines is 1. The Labute approximate surface area is 195 Å². The van der Waals surface area contributed by atoms with Crippen molar-refractivity contribution in [3.8, 4) is 11.3 Å². The predicted octanol–water partition coefficient (Wildman–Crippen LogP) is 4.89. The molecule has 1 aliphatic heterocycles. The van der Waals surface area contributed by atoms with Gasteiger partial charge in [0.1, 0.15) is 11.6 Å². The fraction of sp³-hybridized carbons (Fsp3) is 0.304. The Balaban J connectivity index is 0.00000306. The maximum absolute atomic E-state index is 13.4. The Kier molecular flexibility index (Phi) is 7.70. The summed E-state index contributed by atoms with van der Waals surface area (Å²) in [6.07, 6.45) is 4.04. The number of aromatic nitrogens is 2. The number of hydrogen-bond acceptors (Lipinski definition) is 5. The maximum Gasteiger partial charge on any atom is 0.323 e. The van der Waals surface area contributed by atoms with E-state index in [1.807, 2.05) is 22.4 Å². The first kappa shape index (κ1) is 24.2. The second-order valence-corrected chi connectivity index (χ2v) is 8.43. The fourth-order valence-corrected chi connectivity index (χ4v) is 4.31. The van der Waals surface area contributed by atoms with Crippen LogP contribution in [0, 0.1) is 11.6 Å². The first-order valence-corrected chi connectivity index (χ1v) is 10.9. The molecule has 1 N–H and O–H groups in total. The van der Waals surface area contributed by atoms with Crippen LogP contribution in [-0.4, -0.2) is 57.9 Å². The fourth-order valence-electron chi connectivity index (χ4n) is 3.62. The van der Waals surface area contributed by atoms with Gasteiger partial charge in [0.05, 0.1) is 23.0 Å². The second-order valence-electron chi connectivity index (χ2n) is 7.49. The number of carbonyl (C=O) groups excluding carboxylic acids is 2. The maximum atomic E-state index is 13.4. The lowest BCUT2D eigenvalue weighted by Gasteiger charge is -2.36. The normalized spacial score (nSPS) is 13.8. The molecule has 1 aromatic carbocycles. The highest BCUT2D eigenvalue weighted by Crippen LogP contribution is 2.22. The smallest absolute Gasteiger partial charge is 0.323 e. The average molecular weight is 474 g/mol. The highest BCUT2D eigenvalue weighted by molar-refractivity contribution is 7.12. The molecule has 4 rings (SSSR count). The van der Waals surface area contributed by atoms with Gasteiger partial charge in [-0.25, -0.2) is 18.6 Å². The molecule has 0 spiro atoms. The molecule has 0 aliphatic carbocycles. The van der Waals surface area contributed by atoms with Gasteiger partial charge in [-0.1, -0.05) is 13.5 Å². The molecule has 33 heavy (non-hydrogen) atoms. The summed E-state index contributed by atoms with van der Waals surface area (Å²) < 4.78 is 26.8. The van der Waals surface area contributed by atoms with Gasteiger partial charge in [0, 0.05) is 37.8 Å². The van der Waals surface area contributed by atoms with E-state index in [1.54, 1.807) is 11.9 Å². The minimum atomic E-state index is -0.705. The van der Waals surface area contributed by atoms with E-state index < -0.39 is 11.6 Å². The number of thiophene rings is 1. The molecule has 3 aromatic rings. The van der Waals surface area contributed by atoms with Gasteiger partial charge in [-0.2, -0.15) is 0 Å². The Bertz CT molecular complexity index is 1080. The van der Waals surface area contributed by atoms with Gasteiger partial charge in [-0.05, 0) is 36.4 Å². The summed E-state index contributed by atoms with van der Waals surface area (Å²) in [5, 5.41) is 4.56. The van der Waals surface area contributed by atoms with Gasteiger partial charge in [-0.3, -0.25) is 15.1 Å². The van der Waals surface area contributed by atoms with Gasteiger partial charge in [0.15, 0.2) is 5.82 Å². The van der Waals surface area contributed by atoms with Crippen molar-refractivity contribution in [3.05, 3.63) is 64.6 Å². The van der Waals surface area contributed by atoms with Crippen LogP contribution in [0.1, 0.15) is 29.9 Å². The van der Waals surface area contributed by atoms with Gasteiger partial charge in [0.2, 0.25) is 0 Å². The largest absolute Gasteiger partial charge is 0.338 e. The molecule has 0 saturated carbocycles. The monoisotopic (exact) mass is 473 g/mol. The SMILES string of the molecule is C.CN(C(=O)Nc1cnc(-c2cc(F)cc(F)c2)cn1)C1CCN(C(=O)c2cccs2)CC1. The summed E-state index contributed by atoms with van der Waals surface area (Å²) in [6, 6.07) is 6.43. The van der Waals surface area contributed by atoms with Crippen molar-refractivity contribution in [1.82, 2.24) is 19.8 Å². The number of urea groups is 1. The van der Waals surface area contributed by atoms with E-state index in [0.29, 0.717) is 25.9 Å². The lowest BCUT2D eigenvalue weighted by Crippen LogP contribution is -2.48. The van der Waals surface area contributed by atoms with Crippen LogP contribution in [0.2, 0.25) is 0 Å². The van der Waals surface area contributed by atoms with Gasteiger partial charge in [-0.15, -0.1) is 11.3 Å². The number of piperidine rings is 1. The Morgan fingerprint density at radius 1 is 1.12 bits per heavy atom. The van der Waals surface area contributed by atoms with Crippen molar-refractivity contribution in [2.24, 2.45) is 0 Å². The van der Waals surface area contributed by atoms with Gasteiger partial charge >= 0.3 is 6.03 Å². The van der Waals surface area contributed by atoms with Crippen LogP contribution in [0.15, 0.2) is 48.1 Å². The molecule has 1 aliphatic rings. The van der Waals surface area contributed by atoms with E-state index in [4.69, 9.17) is 0 Å². The number of rotatable bonds is 4. The van der Waals surface area contributed by atoms with E-state index >= 15 is 0 Å². The zero-order valence-corrected chi connectivity index (χ0v) is 18.1. The van der Waals surface area contributed by atoms with E-state index in [9.17, 15) is 18.4 Å². The Morgan fingerprint density at radius 3 is 2.39 bits per heavy atom. The molecule has 2 aromatic heterocycles. The van der Waals surface area contributed by atoms with Crippen LogP contribution in [-0.2, 0) is 0 Å². The molecule has 1 fully saturated rings. The molecule has 7 nitrogen and oxygen atoms in total. The standard InChI is InChI=1S/C22H21F2N5O2S.CH4/c1-28(17-4-6-29(7-5-17)21(30)19-3-2-8-32-19)22(31)27-20-13-25-18(12-26-20)14-9-15(23)11-16(24)10-14;/h2-3,8-13,17H,4-7H2,1H3,(H,26,27,31);1H4. The highest BCUT2D eigenvalue weighted by atomic mass is 32.1. The molecule has 3 heterocycles. The molecule has 0 atom stereocenters. The van der Waals surface area contributed by atoms with E-state index in [1.165, 1.54) is 23.7 Å². The van der Waals surface area contributed by atoms with Crippen molar-refractivity contribution >= 4 is 29.1 Å². The zero-order chi connectivity index (χ0) is 22.7. The summed E-state index contributed by atoms with van der Waals surface area (Å²) in [4.78, 5) is 37.5. The molecule has 0 bridgehead atoms. The number of likely N-dealkylation sites (tertiary alicyclic amines) is 1. The molecular weight excluding hydrogens is 448 g/mol. The van der Waals surface area contributed by atoms with Crippen molar-refractivity contribution in [2.75, 3.05) is 25.5 Å². The first-order valence-electron chi connectivity index (χ1n) is 10.1. The number of halogens is 2. The lowest BCUT2D eigenvalue weighted by atomic mass is 10.0. The summed E-state index contributed by atoms with van der Waals surface area (Å²) >= 11 is 1.42. The highest BCUT2D eigenvalue weighted by Gasteiger charge is 2.28. The van der Waals surface area contributed by atoms with Crippen LogP contribution < -0.4 is 5.32 Å². The summed E-state index contributed by atoms with van der Waals surface area (Å²) in [7, 11) is 1.70. The van der Waals surface area contributed by atoms with Crippen LogP contribution >= 0.6 is 11.3 Å². The Morgan fingerprint density at radius 2 is 1.82 bits per heavy atom. The number of carbonyl (C=O) groups is 2. The number of amides is 3. The number of benzene rings is 1. The van der Waals surface area contributed by atoms with E-state index in [-0.39, 0.29) is 42.5 Å². The number of nitrogens with zero attached hydrogens (tertiary/aromatic N) is 4. The van der Waals surface area contributed by atoms with Crippen LogP contribution in [0.25, 0.3) is 11.3 Å². The average Bonchev–Trinajstić information content (AvgIpc) is 3.33. The quantitative estimate of drug-likeness (QED) is 0.585. The molecule has 0 radical (unpaired) electrons. The third-order valence-corrected chi connectivity index (χ3v) is 6.25. The molecular formula is C23H25F2N5O2S. The topological polar surface area (TPSA) is 78.4 Å². The summed E-state index contributed by atoms with van der Waals surface area (Å²) in [6.45, 7) is 1.16. The minimum Gasteiger partial charge on any atom is -0.338 e. The lowest BCUT2D eigenvalue weighted by molar-refractivity contribution is 0.0676. The van der Waals surface area contributed by atoms with Crippen molar-refractivity contribution in [2.45, 2.75) is 26.3 Å². The van der Waals surface area contributed by atoms with Crippen LogP contribution in [0.3, 0.4) is 0 Å². The van der Waals surface area contributed by atoms with Crippen molar-refractivity contribution in [1.29, 1.82) is 0 Å². The third-order valence-electron chi connectivity index (χ3n) is 5.40.